The lowest BCUT2D eigenvalue weighted by Gasteiger charge is -2.18. The molecule has 0 atom stereocenters. The molecule has 0 unspecified atom stereocenters. The first kappa shape index (κ1) is 11.8. The zero-order chi connectivity index (χ0) is 9.23. The molecule has 0 aliphatic rings. The van der Waals surface area contributed by atoms with Gasteiger partial charge in [-0.15, -0.1) is 0 Å². The van der Waals surface area contributed by atoms with Crippen LogP contribution < -0.4 is 0 Å². The van der Waals surface area contributed by atoms with Crippen molar-refractivity contribution in [2.45, 2.75) is 46.5 Å². The second-order valence-electron chi connectivity index (χ2n) is 3.34. The van der Waals surface area contributed by atoms with Gasteiger partial charge in [0, 0.05) is 13.0 Å². The van der Waals surface area contributed by atoms with E-state index in [-0.39, 0.29) is 0 Å². The highest BCUT2D eigenvalue weighted by Crippen LogP contribution is 1.99. The Bertz CT molecular complexity index is 81.1. The molecule has 0 spiro atoms. The van der Waals surface area contributed by atoms with Crippen molar-refractivity contribution in [1.82, 2.24) is 4.90 Å². The molecule has 1 heteroatoms. The first-order chi connectivity index (χ1) is 5.85. The molecule has 0 aromatic rings. The quantitative estimate of drug-likeness (QED) is 0.399. The Balaban J connectivity index is 3.26. The summed E-state index contributed by atoms with van der Waals surface area (Å²) in [5, 5.41) is 0. The van der Waals surface area contributed by atoms with Crippen LogP contribution in [0, 0.1) is 6.42 Å². The number of hydrogen-bond donors (Lipinski definition) is 0. The van der Waals surface area contributed by atoms with Gasteiger partial charge >= 0.3 is 0 Å². The van der Waals surface area contributed by atoms with E-state index in [0.717, 1.165) is 0 Å². The molecule has 0 saturated heterocycles. The molecule has 1 nitrogen and oxygen atoms in total. The Morgan fingerprint density at radius 3 is 2.25 bits per heavy atom. The molecule has 0 aliphatic heterocycles. The third-order valence-corrected chi connectivity index (χ3v) is 2.24. The first-order valence-corrected chi connectivity index (χ1v) is 5.35. The SMILES string of the molecule is C[CH+]CCCN(CC)CCCC. The van der Waals surface area contributed by atoms with Gasteiger partial charge in [-0.05, 0) is 19.5 Å². The highest BCUT2D eigenvalue weighted by molar-refractivity contribution is 4.60. The van der Waals surface area contributed by atoms with Crippen LogP contribution in [0.5, 0.6) is 0 Å². The van der Waals surface area contributed by atoms with E-state index in [9.17, 15) is 0 Å². The standard InChI is InChI=1S/C11H24N/c1-4-7-9-11-12(6-3)10-8-5-2/h4H,5-11H2,1-3H3/q+1. The Labute approximate surface area is 78.1 Å². The summed E-state index contributed by atoms with van der Waals surface area (Å²) >= 11 is 0. The van der Waals surface area contributed by atoms with Crippen LogP contribution in [0.25, 0.3) is 0 Å². The average molecular weight is 170 g/mol. The van der Waals surface area contributed by atoms with Gasteiger partial charge in [0.15, 0.2) is 0 Å². The van der Waals surface area contributed by atoms with E-state index in [2.05, 4.69) is 32.1 Å². The maximum Gasteiger partial charge on any atom is 0.0884 e. The molecule has 72 valence electrons. The molecule has 0 rings (SSSR count). The molecule has 0 heterocycles. The van der Waals surface area contributed by atoms with Crippen LogP contribution in [0.15, 0.2) is 0 Å². The highest BCUT2D eigenvalue weighted by atomic mass is 15.1. The van der Waals surface area contributed by atoms with E-state index in [0.29, 0.717) is 0 Å². The van der Waals surface area contributed by atoms with E-state index in [1.807, 2.05) is 0 Å². The topological polar surface area (TPSA) is 3.24 Å². The van der Waals surface area contributed by atoms with Gasteiger partial charge in [0.1, 0.15) is 0 Å². The fraction of sp³-hybridized carbons (Fsp3) is 0.909. The van der Waals surface area contributed by atoms with Crippen LogP contribution >= 0.6 is 0 Å². The van der Waals surface area contributed by atoms with Crippen molar-refractivity contribution < 1.29 is 0 Å². The molecule has 0 N–H and O–H groups in total. The van der Waals surface area contributed by atoms with Crippen LogP contribution in [-0.2, 0) is 0 Å². The average Bonchev–Trinajstić information content (AvgIpc) is 2.11. The molecule has 0 aliphatic carbocycles. The van der Waals surface area contributed by atoms with Gasteiger partial charge in [-0.3, -0.25) is 0 Å². The van der Waals surface area contributed by atoms with Crippen molar-refractivity contribution in [3.63, 3.8) is 0 Å². The molecule has 0 fully saturated rings. The summed E-state index contributed by atoms with van der Waals surface area (Å²) in [5.74, 6) is 0. The van der Waals surface area contributed by atoms with Crippen molar-refractivity contribution in [3.8, 4) is 0 Å². The molecule has 0 aromatic heterocycles. The van der Waals surface area contributed by atoms with E-state index < -0.39 is 0 Å². The largest absolute Gasteiger partial charge is 0.303 e. The second kappa shape index (κ2) is 8.92. The minimum absolute atomic E-state index is 1.21. The third-order valence-electron chi connectivity index (χ3n) is 2.24. The fourth-order valence-corrected chi connectivity index (χ4v) is 1.33. The highest BCUT2D eigenvalue weighted by Gasteiger charge is 2.01. The van der Waals surface area contributed by atoms with E-state index in [4.69, 9.17) is 0 Å². The van der Waals surface area contributed by atoms with E-state index in [1.165, 1.54) is 45.3 Å². The van der Waals surface area contributed by atoms with Gasteiger partial charge in [0.25, 0.3) is 0 Å². The van der Waals surface area contributed by atoms with Gasteiger partial charge in [0.05, 0.1) is 19.8 Å². The van der Waals surface area contributed by atoms with Crippen LogP contribution in [0.3, 0.4) is 0 Å². The summed E-state index contributed by atoms with van der Waals surface area (Å²) in [5.41, 5.74) is 0. The summed E-state index contributed by atoms with van der Waals surface area (Å²) in [4.78, 5) is 2.55. The Morgan fingerprint density at radius 1 is 1.08 bits per heavy atom. The van der Waals surface area contributed by atoms with Crippen LogP contribution in [-0.4, -0.2) is 24.5 Å². The lowest BCUT2D eigenvalue weighted by Crippen LogP contribution is -2.25. The molecule has 0 amide bonds. The van der Waals surface area contributed by atoms with Crippen LogP contribution in [0.1, 0.15) is 46.5 Å². The minimum atomic E-state index is 1.21. The predicted molar refractivity (Wildman–Crippen MR) is 56.2 cm³/mol. The number of unbranched alkanes of at least 4 members (excludes halogenated alkanes) is 3. The fourth-order valence-electron chi connectivity index (χ4n) is 1.33. The van der Waals surface area contributed by atoms with E-state index >= 15 is 0 Å². The third kappa shape index (κ3) is 6.53. The molecule has 0 bridgehead atoms. The molecule has 12 heavy (non-hydrogen) atoms. The smallest absolute Gasteiger partial charge is 0.0884 e. The maximum absolute atomic E-state index is 2.55. The zero-order valence-electron chi connectivity index (χ0n) is 8.97. The number of rotatable bonds is 8. The zero-order valence-corrected chi connectivity index (χ0v) is 8.97. The van der Waals surface area contributed by atoms with Gasteiger partial charge in [-0.2, -0.15) is 0 Å². The van der Waals surface area contributed by atoms with Crippen LogP contribution in [0.2, 0.25) is 0 Å². The van der Waals surface area contributed by atoms with Gasteiger partial charge in [-0.1, -0.05) is 20.3 Å². The summed E-state index contributed by atoms with van der Waals surface area (Å²) in [6.07, 6.45) is 7.52. The second-order valence-corrected chi connectivity index (χ2v) is 3.34. The van der Waals surface area contributed by atoms with Crippen LogP contribution in [0.4, 0.5) is 0 Å². The molecular weight excluding hydrogens is 146 g/mol. The summed E-state index contributed by atoms with van der Waals surface area (Å²) in [7, 11) is 0. The van der Waals surface area contributed by atoms with Crippen molar-refractivity contribution >= 4 is 0 Å². The lowest BCUT2D eigenvalue weighted by molar-refractivity contribution is 0.280. The molecular formula is C11H24N+. The molecule has 0 aromatic carbocycles. The normalized spacial score (nSPS) is 10.7. The van der Waals surface area contributed by atoms with Crippen molar-refractivity contribution in [1.29, 1.82) is 0 Å². The predicted octanol–water partition coefficient (Wildman–Crippen LogP) is 3.11. The maximum atomic E-state index is 2.55. The Hall–Kier alpha value is -0.170. The number of hydrogen-bond acceptors (Lipinski definition) is 1. The summed E-state index contributed by atoms with van der Waals surface area (Å²) in [6.45, 7) is 10.4. The molecule has 0 saturated carbocycles. The lowest BCUT2D eigenvalue weighted by atomic mass is 10.2. The summed E-state index contributed by atoms with van der Waals surface area (Å²) in [6, 6.07) is 0. The van der Waals surface area contributed by atoms with Crippen molar-refractivity contribution in [2.24, 2.45) is 0 Å². The molecule has 0 radical (unpaired) electrons. The summed E-state index contributed by atoms with van der Waals surface area (Å²) < 4.78 is 0. The number of nitrogens with zero attached hydrogens (tertiary/aromatic N) is 1. The monoisotopic (exact) mass is 170 g/mol. The Kier molecular flexibility index (Phi) is 8.80. The van der Waals surface area contributed by atoms with Crippen molar-refractivity contribution in [3.05, 3.63) is 6.42 Å². The van der Waals surface area contributed by atoms with Crippen molar-refractivity contribution in [2.75, 3.05) is 19.6 Å². The van der Waals surface area contributed by atoms with Gasteiger partial charge < -0.3 is 4.90 Å². The minimum Gasteiger partial charge on any atom is -0.303 e. The Morgan fingerprint density at radius 2 is 1.75 bits per heavy atom. The van der Waals surface area contributed by atoms with Gasteiger partial charge in [-0.25, -0.2) is 0 Å². The van der Waals surface area contributed by atoms with E-state index in [1.54, 1.807) is 0 Å². The first-order valence-electron chi connectivity index (χ1n) is 5.35. The van der Waals surface area contributed by atoms with Gasteiger partial charge in [0.2, 0.25) is 0 Å².